The molecule has 0 spiro atoms. The minimum Gasteiger partial charge on any atom is -0.334 e. The first-order chi connectivity index (χ1) is 7.36. The van der Waals surface area contributed by atoms with Gasteiger partial charge in [-0.1, -0.05) is 0 Å². The SMILES string of the molecule is O=CN1CC[NH+]([C@H]2C[C@@H]3CC[C@@H]2C3)CC1. The highest BCUT2D eigenvalue weighted by Crippen LogP contribution is 2.43. The van der Waals surface area contributed by atoms with Crippen molar-refractivity contribution in [3.05, 3.63) is 0 Å². The van der Waals surface area contributed by atoms with Gasteiger partial charge < -0.3 is 9.80 Å². The fourth-order valence-electron chi connectivity index (χ4n) is 4.03. The molecule has 3 fully saturated rings. The molecule has 0 aromatic rings. The van der Waals surface area contributed by atoms with Crippen LogP contribution in [0.25, 0.3) is 0 Å². The third-order valence-electron chi connectivity index (χ3n) is 4.85. The maximum atomic E-state index is 10.6. The van der Waals surface area contributed by atoms with E-state index in [4.69, 9.17) is 0 Å². The van der Waals surface area contributed by atoms with Gasteiger partial charge in [-0.05, 0) is 25.2 Å². The van der Waals surface area contributed by atoms with Crippen molar-refractivity contribution in [2.24, 2.45) is 11.8 Å². The maximum absolute atomic E-state index is 10.6. The summed E-state index contributed by atoms with van der Waals surface area (Å²) in [4.78, 5) is 14.4. The third-order valence-corrected chi connectivity index (χ3v) is 4.85. The Labute approximate surface area is 91.4 Å². The van der Waals surface area contributed by atoms with Crippen molar-refractivity contribution in [1.82, 2.24) is 4.90 Å². The van der Waals surface area contributed by atoms with E-state index in [1.807, 2.05) is 4.90 Å². The molecule has 1 saturated heterocycles. The predicted octanol–water partition coefficient (Wildman–Crippen LogP) is -0.468. The van der Waals surface area contributed by atoms with Gasteiger partial charge in [0.1, 0.15) is 0 Å². The van der Waals surface area contributed by atoms with Crippen LogP contribution in [0.15, 0.2) is 0 Å². The van der Waals surface area contributed by atoms with Gasteiger partial charge in [0.15, 0.2) is 0 Å². The van der Waals surface area contributed by atoms with Crippen molar-refractivity contribution in [3.8, 4) is 0 Å². The van der Waals surface area contributed by atoms with Crippen LogP contribution in [-0.2, 0) is 4.79 Å². The van der Waals surface area contributed by atoms with E-state index in [1.165, 1.54) is 38.8 Å². The molecule has 3 heteroatoms. The Morgan fingerprint density at radius 1 is 1.13 bits per heavy atom. The average Bonchev–Trinajstić information content (AvgIpc) is 2.91. The monoisotopic (exact) mass is 209 g/mol. The van der Waals surface area contributed by atoms with Gasteiger partial charge in [-0.3, -0.25) is 4.79 Å². The van der Waals surface area contributed by atoms with Crippen molar-refractivity contribution in [1.29, 1.82) is 0 Å². The summed E-state index contributed by atoms with van der Waals surface area (Å²) in [5.74, 6) is 2.07. The number of rotatable bonds is 2. The first-order valence-corrected chi connectivity index (χ1v) is 6.40. The van der Waals surface area contributed by atoms with Crippen LogP contribution >= 0.6 is 0 Å². The minimum absolute atomic E-state index is 0.942. The highest BCUT2D eigenvalue weighted by atomic mass is 16.1. The number of carbonyl (C=O) groups excluding carboxylic acids is 1. The molecule has 0 aromatic heterocycles. The number of fused-ring (bicyclic) bond motifs is 2. The smallest absolute Gasteiger partial charge is 0.210 e. The van der Waals surface area contributed by atoms with Crippen LogP contribution in [0, 0.1) is 11.8 Å². The summed E-state index contributed by atoms with van der Waals surface area (Å²) in [5, 5.41) is 0. The summed E-state index contributed by atoms with van der Waals surface area (Å²) >= 11 is 0. The van der Waals surface area contributed by atoms with Gasteiger partial charge in [-0.2, -0.15) is 0 Å². The predicted molar refractivity (Wildman–Crippen MR) is 57.6 cm³/mol. The lowest BCUT2D eigenvalue weighted by molar-refractivity contribution is -0.932. The second kappa shape index (κ2) is 3.78. The van der Waals surface area contributed by atoms with Crippen molar-refractivity contribution in [3.63, 3.8) is 0 Å². The number of quaternary nitrogens is 1. The molecular formula is C12H21N2O+. The number of hydrogen-bond acceptors (Lipinski definition) is 1. The van der Waals surface area contributed by atoms with Crippen LogP contribution in [0.3, 0.4) is 0 Å². The number of carbonyl (C=O) groups is 1. The van der Waals surface area contributed by atoms with Crippen LogP contribution in [0.2, 0.25) is 0 Å². The molecule has 2 aliphatic carbocycles. The Kier molecular flexibility index (Phi) is 2.43. The Morgan fingerprint density at radius 2 is 1.93 bits per heavy atom. The van der Waals surface area contributed by atoms with Gasteiger partial charge in [0.2, 0.25) is 6.41 Å². The van der Waals surface area contributed by atoms with Gasteiger partial charge in [0.05, 0.1) is 32.2 Å². The van der Waals surface area contributed by atoms with E-state index >= 15 is 0 Å². The highest BCUT2D eigenvalue weighted by Gasteiger charge is 2.45. The van der Waals surface area contributed by atoms with E-state index in [1.54, 1.807) is 4.90 Å². The fourth-order valence-corrected chi connectivity index (χ4v) is 4.03. The Morgan fingerprint density at radius 3 is 2.47 bits per heavy atom. The van der Waals surface area contributed by atoms with Crippen LogP contribution < -0.4 is 4.90 Å². The van der Waals surface area contributed by atoms with Crippen molar-refractivity contribution >= 4 is 6.41 Å². The van der Waals surface area contributed by atoms with E-state index in [-0.39, 0.29) is 0 Å². The van der Waals surface area contributed by atoms with Crippen LogP contribution in [-0.4, -0.2) is 43.5 Å². The average molecular weight is 209 g/mol. The lowest BCUT2D eigenvalue weighted by atomic mass is 9.93. The van der Waals surface area contributed by atoms with E-state index in [9.17, 15) is 4.79 Å². The van der Waals surface area contributed by atoms with Gasteiger partial charge in [-0.15, -0.1) is 0 Å². The van der Waals surface area contributed by atoms with Gasteiger partial charge in [-0.25, -0.2) is 0 Å². The summed E-state index contributed by atoms with van der Waals surface area (Å²) in [6, 6.07) is 0.942. The van der Waals surface area contributed by atoms with E-state index in [0.29, 0.717) is 0 Å². The molecule has 84 valence electrons. The number of hydrogen-bond donors (Lipinski definition) is 1. The molecule has 2 saturated carbocycles. The molecule has 3 aliphatic rings. The molecule has 15 heavy (non-hydrogen) atoms. The zero-order valence-electron chi connectivity index (χ0n) is 9.32. The van der Waals surface area contributed by atoms with E-state index in [0.717, 1.165) is 37.4 Å². The summed E-state index contributed by atoms with van der Waals surface area (Å²) in [7, 11) is 0. The molecular weight excluding hydrogens is 188 g/mol. The molecule has 1 heterocycles. The molecule has 0 radical (unpaired) electrons. The second-order valence-corrected chi connectivity index (χ2v) is 5.58. The third kappa shape index (κ3) is 1.67. The second-order valence-electron chi connectivity index (χ2n) is 5.58. The Bertz CT molecular complexity index is 248. The fraction of sp³-hybridized carbons (Fsp3) is 0.917. The Balaban J connectivity index is 1.58. The topological polar surface area (TPSA) is 24.8 Å². The van der Waals surface area contributed by atoms with Crippen molar-refractivity contribution in [2.75, 3.05) is 26.2 Å². The number of piperazine rings is 1. The molecule has 0 aromatic carbocycles. The van der Waals surface area contributed by atoms with Crippen LogP contribution in [0.4, 0.5) is 0 Å². The zero-order valence-corrected chi connectivity index (χ0v) is 9.32. The number of amides is 1. The molecule has 1 aliphatic heterocycles. The van der Waals surface area contributed by atoms with E-state index in [2.05, 4.69) is 0 Å². The highest BCUT2D eigenvalue weighted by molar-refractivity contribution is 5.46. The molecule has 3 rings (SSSR count). The first-order valence-electron chi connectivity index (χ1n) is 6.40. The number of nitrogens with one attached hydrogen (secondary N) is 1. The van der Waals surface area contributed by atoms with E-state index < -0.39 is 0 Å². The van der Waals surface area contributed by atoms with Gasteiger partial charge in [0, 0.05) is 12.3 Å². The summed E-state index contributed by atoms with van der Waals surface area (Å²) in [5.41, 5.74) is 0. The first kappa shape index (κ1) is 9.64. The minimum atomic E-state index is 0.942. The Hall–Kier alpha value is -0.570. The van der Waals surface area contributed by atoms with Gasteiger partial charge in [0.25, 0.3) is 0 Å². The molecule has 1 N–H and O–H groups in total. The molecule has 0 unspecified atom stereocenters. The molecule has 2 bridgehead atoms. The normalized spacial score (nSPS) is 41.1. The van der Waals surface area contributed by atoms with Gasteiger partial charge >= 0.3 is 0 Å². The largest absolute Gasteiger partial charge is 0.334 e. The summed E-state index contributed by atoms with van der Waals surface area (Å²) in [6.07, 6.45) is 6.97. The van der Waals surface area contributed by atoms with Crippen LogP contribution in [0.1, 0.15) is 25.7 Å². The molecule has 3 nitrogen and oxygen atoms in total. The molecule has 1 amide bonds. The quantitative estimate of drug-likeness (QED) is 0.611. The molecule has 3 atom stereocenters. The lowest BCUT2D eigenvalue weighted by Gasteiger charge is -2.37. The number of nitrogens with zero attached hydrogens (tertiary/aromatic N) is 1. The summed E-state index contributed by atoms with van der Waals surface area (Å²) in [6.45, 7) is 4.33. The lowest BCUT2D eigenvalue weighted by Crippen LogP contribution is -3.18. The van der Waals surface area contributed by atoms with Crippen LogP contribution in [0.5, 0.6) is 0 Å². The van der Waals surface area contributed by atoms with Crippen molar-refractivity contribution in [2.45, 2.75) is 31.7 Å². The van der Waals surface area contributed by atoms with Crippen molar-refractivity contribution < 1.29 is 9.69 Å². The summed E-state index contributed by atoms with van der Waals surface area (Å²) < 4.78 is 0. The zero-order chi connectivity index (χ0) is 10.3. The maximum Gasteiger partial charge on any atom is 0.210 e. The standard InChI is InChI=1S/C12H20N2O/c15-9-13-3-5-14(6-4-13)12-8-10-1-2-11(12)7-10/h9-12H,1-8H2/p+1/t10-,11-,12+/m1/s1.